The molecule has 1 aromatic carbocycles. The summed E-state index contributed by atoms with van der Waals surface area (Å²) in [6, 6.07) is 8.50. The fourth-order valence-electron chi connectivity index (χ4n) is 2.52. The zero-order chi connectivity index (χ0) is 18.2. The normalized spacial score (nSPS) is 14.1. The third-order valence-corrected chi connectivity index (χ3v) is 7.22. The van der Waals surface area contributed by atoms with Gasteiger partial charge in [0.2, 0.25) is 10.0 Å². The number of benzene rings is 1. The molecule has 0 aliphatic heterocycles. The first-order valence-corrected chi connectivity index (χ1v) is 10.9. The second-order valence-electron chi connectivity index (χ2n) is 6.21. The molecule has 0 amide bonds. The molecular weight excluding hydrogens is 365 g/mol. The van der Waals surface area contributed by atoms with Crippen molar-refractivity contribution in [2.75, 3.05) is 13.1 Å². The maximum Gasteiger partial charge on any atom is 0.243 e. The number of hydrogen-bond donors (Lipinski definition) is 0. The van der Waals surface area contributed by atoms with Crippen LogP contribution in [0.5, 0.6) is 0 Å². The van der Waals surface area contributed by atoms with E-state index in [-0.39, 0.29) is 23.4 Å². The molecule has 0 bridgehead atoms. The van der Waals surface area contributed by atoms with E-state index in [0.29, 0.717) is 12.8 Å². The zero-order valence-electron chi connectivity index (χ0n) is 14.8. The Morgan fingerprint density at radius 2 is 1.71 bits per heavy atom. The van der Waals surface area contributed by atoms with Crippen LogP contribution in [0, 0.1) is 0 Å². The second kappa shape index (κ2) is 10.0. The molecule has 0 radical (unpaired) electrons. The average molecular weight is 394 g/mol. The van der Waals surface area contributed by atoms with Crippen molar-refractivity contribution in [1.29, 1.82) is 0 Å². The van der Waals surface area contributed by atoms with Crippen molar-refractivity contribution in [3.05, 3.63) is 30.3 Å². The summed E-state index contributed by atoms with van der Waals surface area (Å²) in [5.74, 6) is 0. The number of sulfonamides is 1. The lowest BCUT2D eigenvalue weighted by atomic mass is 10.0. The summed E-state index contributed by atoms with van der Waals surface area (Å²) in [6.07, 6.45) is 4.23. The van der Waals surface area contributed by atoms with Crippen LogP contribution < -0.4 is 0 Å². The SMILES string of the molecule is CCCCC(Cl)CN(CC(Cl)(CC)CC)S(=O)(=O)c1ccccc1. The summed E-state index contributed by atoms with van der Waals surface area (Å²) in [5, 5.41) is -0.210. The van der Waals surface area contributed by atoms with Gasteiger partial charge in [0.05, 0.1) is 9.77 Å². The Morgan fingerprint density at radius 1 is 1.12 bits per heavy atom. The van der Waals surface area contributed by atoms with Crippen LogP contribution in [0.1, 0.15) is 52.9 Å². The van der Waals surface area contributed by atoms with Gasteiger partial charge in [0, 0.05) is 18.5 Å². The van der Waals surface area contributed by atoms with Gasteiger partial charge in [0.15, 0.2) is 0 Å². The van der Waals surface area contributed by atoms with Crippen molar-refractivity contribution in [3.63, 3.8) is 0 Å². The smallest absolute Gasteiger partial charge is 0.207 e. The molecule has 1 unspecified atom stereocenters. The number of hydrogen-bond acceptors (Lipinski definition) is 2. The van der Waals surface area contributed by atoms with E-state index in [1.54, 1.807) is 30.3 Å². The first-order valence-electron chi connectivity index (χ1n) is 8.67. The standard InChI is InChI=1S/C18H29Cl2NO2S/c1-4-7-11-16(19)14-21(15-18(20,5-2)6-3)24(22,23)17-12-9-8-10-13-17/h8-10,12-13,16H,4-7,11,14-15H2,1-3H3. The van der Waals surface area contributed by atoms with Gasteiger partial charge in [-0.25, -0.2) is 8.42 Å². The molecule has 0 N–H and O–H groups in total. The highest BCUT2D eigenvalue weighted by Crippen LogP contribution is 2.29. The Hall–Kier alpha value is -0.290. The summed E-state index contributed by atoms with van der Waals surface area (Å²) >= 11 is 13.0. The Labute approximate surface area is 157 Å². The van der Waals surface area contributed by atoms with Gasteiger partial charge in [-0.1, -0.05) is 51.8 Å². The van der Waals surface area contributed by atoms with E-state index in [0.717, 1.165) is 19.3 Å². The zero-order valence-corrected chi connectivity index (χ0v) is 17.2. The van der Waals surface area contributed by atoms with Gasteiger partial charge < -0.3 is 0 Å². The quantitative estimate of drug-likeness (QED) is 0.480. The fraction of sp³-hybridized carbons (Fsp3) is 0.667. The molecule has 1 rings (SSSR count). The van der Waals surface area contributed by atoms with E-state index < -0.39 is 14.9 Å². The molecule has 1 aromatic rings. The fourth-order valence-corrected chi connectivity index (χ4v) is 4.73. The number of nitrogens with zero attached hydrogens (tertiary/aromatic N) is 1. The van der Waals surface area contributed by atoms with Gasteiger partial charge >= 0.3 is 0 Å². The molecule has 0 fully saturated rings. The lowest BCUT2D eigenvalue weighted by molar-refractivity contribution is 0.342. The van der Waals surface area contributed by atoms with Gasteiger partial charge in [0.25, 0.3) is 0 Å². The van der Waals surface area contributed by atoms with Crippen molar-refractivity contribution in [2.45, 2.75) is 68.0 Å². The second-order valence-corrected chi connectivity index (χ2v) is 9.57. The van der Waals surface area contributed by atoms with Crippen LogP contribution in [0.2, 0.25) is 0 Å². The highest BCUT2D eigenvalue weighted by atomic mass is 35.5. The van der Waals surface area contributed by atoms with E-state index in [1.807, 2.05) is 13.8 Å². The van der Waals surface area contributed by atoms with Crippen LogP contribution >= 0.6 is 23.2 Å². The molecule has 0 aliphatic carbocycles. The van der Waals surface area contributed by atoms with Crippen LogP contribution in [0.4, 0.5) is 0 Å². The predicted molar refractivity (Wildman–Crippen MR) is 104 cm³/mol. The van der Waals surface area contributed by atoms with Crippen LogP contribution in [-0.2, 0) is 10.0 Å². The minimum Gasteiger partial charge on any atom is -0.207 e. The first kappa shape index (κ1) is 21.8. The highest BCUT2D eigenvalue weighted by Gasteiger charge is 2.34. The predicted octanol–water partition coefficient (Wildman–Crippen LogP) is 5.27. The summed E-state index contributed by atoms with van der Waals surface area (Å²) in [4.78, 5) is -0.279. The molecule has 0 aliphatic rings. The molecule has 3 nitrogen and oxygen atoms in total. The molecular formula is C18H29Cl2NO2S. The Bertz CT molecular complexity index is 574. The van der Waals surface area contributed by atoms with E-state index in [1.165, 1.54) is 4.31 Å². The Morgan fingerprint density at radius 3 is 2.21 bits per heavy atom. The molecule has 0 saturated heterocycles. The summed E-state index contributed by atoms with van der Waals surface area (Å²) in [6.45, 7) is 6.62. The number of unbranched alkanes of at least 4 members (excludes halogenated alkanes) is 1. The minimum absolute atomic E-state index is 0.210. The van der Waals surface area contributed by atoms with Gasteiger partial charge in [-0.05, 0) is 31.4 Å². The van der Waals surface area contributed by atoms with Crippen molar-refractivity contribution in [1.82, 2.24) is 4.31 Å². The topological polar surface area (TPSA) is 37.4 Å². The number of rotatable bonds is 11. The Kier molecular flexibility index (Phi) is 9.07. The van der Waals surface area contributed by atoms with Crippen molar-refractivity contribution in [2.24, 2.45) is 0 Å². The highest BCUT2D eigenvalue weighted by molar-refractivity contribution is 7.89. The number of halogens is 2. The third-order valence-electron chi connectivity index (χ3n) is 4.38. The lowest BCUT2D eigenvalue weighted by Crippen LogP contribution is -2.44. The van der Waals surface area contributed by atoms with Crippen molar-refractivity contribution in [3.8, 4) is 0 Å². The van der Waals surface area contributed by atoms with Crippen LogP contribution in [0.3, 0.4) is 0 Å². The molecule has 0 aromatic heterocycles. The lowest BCUT2D eigenvalue weighted by Gasteiger charge is -2.32. The van der Waals surface area contributed by atoms with E-state index in [9.17, 15) is 8.42 Å². The molecule has 6 heteroatoms. The number of alkyl halides is 2. The van der Waals surface area contributed by atoms with Crippen LogP contribution in [-0.4, -0.2) is 36.1 Å². The van der Waals surface area contributed by atoms with Crippen molar-refractivity contribution < 1.29 is 8.42 Å². The van der Waals surface area contributed by atoms with Crippen molar-refractivity contribution >= 4 is 33.2 Å². The Balaban J connectivity index is 3.08. The molecule has 1 atom stereocenters. The first-order chi connectivity index (χ1) is 11.3. The molecule has 0 spiro atoms. The van der Waals surface area contributed by atoms with E-state index >= 15 is 0 Å². The monoisotopic (exact) mass is 393 g/mol. The molecule has 0 saturated carbocycles. The van der Waals surface area contributed by atoms with Gasteiger partial charge in [0.1, 0.15) is 0 Å². The largest absolute Gasteiger partial charge is 0.243 e. The molecule has 0 heterocycles. The molecule has 24 heavy (non-hydrogen) atoms. The van der Waals surface area contributed by atoms with Gasteiger partial charge in [-0.2, -0.15) is 4.31 Å². The maximum atomic E-state index is 13.1. The minimum atomic E-state index is -3.61. The maximum absolute atomic E-state index is 13.1. The van der Waals surface area contributed by atoms with Crippen LogP contribution in [0.15, 0.2) is 35.2 Å². The van der Waals surface area contributed by atoms with Gasteiger partial charge in [-0.3, -0.25) is 0 Å². The van der Waals surface area contributed by atoms with E-state index in [4.69, 9.17) is 23.2 Å². The van der Waals surface area contributed by atoms with Crippen LogP contribution in [0.25, 0.3) is 0 Å². The van der Waals surface area contributed by atoms with E-state index in [2.05, 4.69) is 6.92 Å². The summed E-state index contributed by atoms with van der Waals surface area (Å²) < 4.78 is 27.6. The average Bonchev–Trinajstić information content (AvgIpc) is 2.60. The van der Waals surface area contributed by atoms with Gasteiger partial charge in [-0.15, -0.1) is 23.2 Å². The summed E-state index contributed by atoms with van der Waals surface area (Å²) in [7, 11) is -3.61. The molecule has 138 valence electrons. The third kappa shape index (κ3) is 6.21. The summed E-state index contributed by atoms with van der Waals surface area (Å²) in [5.41, 5.74) is 0.